The van der Waals surface area contributed by atoms with E-state index < -0.39 is 0 Å². The normalized spacial score (nSPS) is 11.9. The molecular formula is C21H20N2O2. The first-order valence-corrected chi connectivity index (χ1v) is 8.29. The Bertz CT molecular complexity index is 928. The molecule has 0 amide bonds. The van der Waals surface area contributed by atoms with Crippen LogP contribution in [-0.4, -0.2) is 15.8 Å². The Hall–Kier alpha value is -3.01. The molecule has 0 bridgehead atoms. The Balaban J connectivity index is 1.83. The van der Waals surface area contributed by atoms with Crippen molar-refractivity contribution in [2.24, 2.45) is 0 Å². The molecular weight excluding hydrogens is 312 g/mol. The number of carbonyl (C=O) groups excluding carboxylic acids is 1. The van der Waals surface area contributed by atoms with Gasteiger partial charge >= 0.3 is 0 Å². The number of benzene rings is 2. The van der Waals surface area contributed by atoms with Gasteiger partial charge in [-0.3, -0.25) is 9.59 Å². The van der Waals surface area contributed by atoms with Crippen molar-refractivity contribution in [2.75, 3.05) is 0 Å². The summed E-state index contributed by atoms with van der Waals surface area (Å²) in [5, 5.41) is 0. The smallest absolute Gasteiger partial charge is 0.251 e. The summed E-state index contributed by atoms with van der Waals surface area (Å²) in [6.45, 7) is 4.04. The number of H-pyrrole nitrogens is 1. The number of rotatable bonds is 5. The van der Waals surface area contributed by atoms with E-state index in [1.165, 1.54) is 11.6 Å². The fourth-order valence-corrected chi connectivity index (χ4v) is 2.73. The molecule has 0 aliphatic carbocycles. The lowest BCUT2D eigenvalue weighted by molar-refractivity contribution is 0.0970. The van der Waals surface area contributed by atoms with Crippen molar-refractivity contribution >= 4 is 5.78 Å². The molecule has 0 saturated carbocycles. The second kappa shape index (κ2) is 7.26. The van der Waals surface area contributed by atoms with E-state index >= 15 is 0 Å². The Labute approximate surface area is 146 Å². The Morgan fingerprint density at radius 1 is 1.08 bits per heavy atom. The molecule has 4 heteroatoms. The highest BCUT2D eigenvalue weighted by molar-refractivity contribution is 5.95. The average Bonchev–Trinajstić information content (AvgIpc) is 2.62. The van der Waals surface area contributed by atoms with Crippen LogP contribution in [0.15, 0.2) is 65.5 Å². The molecule has 1 N–H and O–H groups in total. The molecule has 0 fully saturated rings. The summed E-state index contributed by atoms with van der Waals surface area (Å²) in [6, 6.07) is 18.7. The topological polar surface area (TPSA) is 62.8 Å². The minimum atomic E-state index is -0.319. The van der Waals surface area contributed by atoms with E-state index in [1.54, 1.807) is 0 Å². The van der Waals surface area contributed by atoms with Gasteiger partial charge in [0.15, 0.2) is 5.78 Å². The summed E-state index contributed by atoms with van der Waals surface area (Å²) in [6.07, 6.45) is 0.313. The number of hydrogen-bond acceptors (Lipinski definition) is 3. The van der Waals surface area contributed by atoms with Crippen molar-refractivity contribution in [1.82, 2.24) is 9.97 Å². The minimum Gasteiger partial charge on any atom is -0.306 e. The average molecular weight is 332 g/mol. The molecule has 0 spiro atoms. The fourth-order valence-electron chi connectivity index (χ4n) is 2.73. The van der Waals surface area contributed by atoms with Gasteiger partial charge in [0.1, 0.15) is 11.5 Å². The van der Waals surface area contributed by atoms with Gasteiger partial charge in [-0.05, 0) is 18.4 Å². The number of nitrogens with one attached hydrogen (secondary N) is 1. The first kappa shape index (κ1) is 16.8. The van der Waals surface area contributed by atoms with Gasteiger partial charge in [-0.15, -0.1) is 0 Å². The third-order valence-corrected chi connectivity index (χ3v) is 4.21. The lowest BCUT2D eigenvalue weighted by atomic mass is 9.94. The lowest BCUT2D eigenvalue weighted by Crippen LogP contribution is -2.15. The van der Waals surface area contributed by atoms with Crippen molar-refractivity contribution in [3.8, 4) is 11.4 Å². The van der Waals surface area contributed by atoms with Crippen molar-refractivity contribution < 1.29 is 4.79 Å². The van der Waals surface area contributed by atoms with Crippen LogP contribution in [0.2, 0.25) is 0 Å². The number of aromatic amines is 1. The van der Waals surface area contributed by atoms with E-state index in [0.29, 0.717) is 12.2 Å². The van der Waals surface area contributed by atoms with E-state index in [9.17, 15) is 9.59 Å². The zero-order valence-electron chi connectivity index (χ0n) is 14.3. The lowest BCUT2D eigenvalue weighted by Gasteiger charge is -2.11. The molecule has 0 aliphatic heterocycles. The first-order valence-electron chi connectivity index (χ1n) is 8.29. The third-order valence-electron chi connectivity index (χ3n) is 4.21. The summed E-state index contributed by atoms with van der Waals surface area (Å²) in [5.74, 6) is 0.352. The molecule has 3 rings (SSSR count). The predicted octanol–water partition coefficient (Wildman–Crippen LogP) is 4.12. The number of carbonyl (C=O) groups is 1. The SMILES string of the molecule is Cc1ccc([C@H](C)CC(=O)c2cc(=O)[nH]c(-c3ccccc3)n2)cc1. The van der Waals surface area contributed by atoms with E-state index in [0.717, 1.165) is 11.1 Å². The zero-order valence-corrected chi connectivity index (χ0v) is 14.3. The van der Waals surface area contributed by atoms with E-state index in [4.69, 9.17) is 0 Å². The largest absolute Gasteiger partial charge is 0.306 e. The van der Waals surface area contributed by atoms with Gasteiger partial charge in [-0.1, -0.05) is 67.1 Å². The maximum absolute atomic E-state index is 12.6. The van der Waals surface area contributed by atoms with E-state index in [-0.39, 0.29) is 23.0 Å². The number of hydrogen-bond donors (Lipinski definition) is 1. The van der Waals surface area contributed by atoms with Gasteiger partial charge in [0, 0.05) is 18.1 Å². The van der Waals surface area contributed by atoms with E-state index in [1.807, 2.05) is 68.4 Å². The van der Waals surface area contributed by atoms with Gasteiger partial charge in [-0.25, -0.2) is 4.98 Å². The number of aryl methyl sites for hydroxylation is 1. The summed E-state index contributed by atoms with van der Waals surface area (Å²) < 4.78 is 0. The molecule has 0 unspecified atom stereocenters. The summed E-state index contributed by atoms with van der Waals surface area (Å²) >= 11 is 0. The molecule has 4 nitrogen and oxygen atoms in total. The second-order valence-electron chi connectivity index (χ2n) is 6.28. The minimum absolute atomic E-state index is 0.0642. The highest BCUT2D eigenvalue weighted by atomic mass is 16.1. The van der Waals surface area contributed by atoms with Gasteiger partial charge in [0.05, 0.1) is 0 Å². The van der Waals surface area contributed by atoms with Crippen LogP contribution in [0.4, 0.5) is 0 Å². The molecule has 0 aliphatic rings. The maximum atomic E-state index is 12.6. The Morgan fingerprint density at radius 2 is 1.76 bits per heavy atom. The van der Waals surface area contributed by atoms with Crippen LogP contribution >= 0.6 is 0 Å². The van der Waals surface area contributed by atoms with Gasteiger partial charge in [-0.2, -0.15) is 0 Å². The van der Waals surface area contributed by atoms with E-state index in [2.05, 4.69) is 9.97 Å². The van der Waals surface area contributed by atoms with Gasteiger partial charge < -0.3 is 4.98 Å². The van der Waals surface area contributed by atoms with Crippen LogP contribution in [0.25, 0.3) is 11.4 Å². The molecule has 1 aromatic heterocycles. The molecule has 126 valence electrons. The molecule has 2 aromatic carbocycles. The zero-order chi connectivity index (χ0) is 17.8. The van der Waals surface area contributed by atoms with Gasteiger partial charge in [0.25, 0.3) is 5.56 Å². The van der Waals surface area contributed by atoms with Crippen molar-refractivity contribution in [1.29, 1.82) is 0 Å². The van der Waals surface area contributed by atoms with Gasteiger partial charge in [0.2, 0.25) is 0 Å². The molecule has 25 heavy (non-hydrogen) atoms. The fraction of sp³-hybridized carbons (Fsp3) is 0.190. The quantitative estimate of drug-likeness (QED) is 0.715. The predicted molar refractivity (Wildman–Crippen MR) is 98.8 cm³/mol. The van der Waals surface area contributed by atoms with Crippen molar-refractivity contribution in [3.05, 3.63) is 87.8 Å². The summed E-state index contributed by atoms with van der Waals surface area (Å²) in [4.78, 5) is 31.6. The van der Waals surface area contributed by atoms with Crippen LogP contribution in [0, 0.1) is 6.92 Å². The highest BCUT2D eigenvalue weighted by Gasteiger charge is 2.16. The van der Waals surface area contributed by atoms with Crippen LogP contribution in [-0.2, 0) is 0 Å². The molecule has 3 aromatic rings. The molecule has 1 atom stereocenters. The molecule has 0 radical (unpaired) electrons. The number of Topliss-reactive ketones (excluding diaryl/α,β-unsaturated/α-hetero) is 1. The number of aromatic nitrogens is 2. The van der Waals surface area contributed by atoms with Crippen LogP contribution in [0.1, 0.15) is 40.9 Å². The standard InChI is InChI=1S/C21H20N2O2/c1-14-8-10-16(11-9-14)15(2)12-19(24)18-13-20(25)23-21(22-18)17-6-4-3-5-7-17/h3-11,13,15H,12H2,1-2H3,(H,22,23,25)/t15-/m1/s1. The highest BCUT2D eigenvalue weighted by Crippen LogP contribution is 2.21. The summed E-state index contributed by atoms with van der Waals surface area (Å²) in [7, 11) is 0. The second-order valence-corrected chi connectivity index (χ2v) is 6.28. The molecule has 0 saturated heterocycles. The van der Waals surface area contributed by atoms with Crippen LogP contribution in [0.3, 0.4) is 0 Å². The maximum Gasteiger partial charge on any atom is 0.251 e. The Morgan fingerprint density at radius 3 is 2.44 bits per heavy atom. The molecule has 1 heterocycles. The van der Waals surface area contributed by atoms with Crippen LogP contribution < -0.4 is 5.56 Å². The van der Waals surface area contributed by atoms with Crippen LogP contribution in [0.5, 0.6) is 0 Å². The number of ketones is 1. The van der Waals surface area contributed by atoms with Crippen molar-refractivity contribution in [2.45, 2.75) is 26.2 Å². The first-order chi connectivity index (χ1) is 12.0. The Kier molecular flexibility index (Phi) is 4.89. The van der Waals surface area contributed by atoms with Crippen molar-refractivity contribution in [3.63, 3.8) is 0 Å². The monoisotopic (exact) mass is 332 g/mol. The summed E-state index contributed by atoms with van der Waals surface area (Å²) in [5.41, 5.74) is 2.96. The number of nitrogens with zero attached hydrogens (tertiary/aromatic N) is 1. The third kappa shape index (κ3) is 4.10.